The molecule has 0 spiro atoms. The Labute approximate surface area is 169 Å². The van der Waals surface area contributed by atoms with Gasteiger partial charge in [0.15, 0.2) is 5.13 Å². The fourth-order valence-corrected chi connectivity index (χ4v) is 4.13. The van der Waals surface area contributed by atoms with Crippen LogP contribution in [0.25, 0.3) is 22.0 Å². The van der Waals surface area contributed by atoms with E-state index in [0.29, 0.717) is 16.6 Å². The van der Waals surface area contributed by atoms with E-state index in [1.165, 1.54) is 34.8 Å². The number of benzene rings is 2. The molecule has 0 fully saturated rings. The quantitative estimate of drug-likeness (QED) is 0.409. The first kappa shape index (κ1) is 18.2. The zero-order valence-electron chi connectivity index (χ0n) is 14.6. The Bertz CT molecular complexity index is 1150. The standard InChI is InChI=1S/C21H14FN3OS2/c1-2-10-26-19-9-4-3-8-16(19)17-12-27-20(24-17)18-13-28-21(25-18)23-15-7-5-6-14(22)11-15/h1,3-9,11-13H,10H2,(H,23,25). The third kappa shape index (κ3) is 4.03. The fourth-order valence-electron chi connectivity index (χ4n) is 2.56. The topological polar surface area (TPSA) is 47.0 Å². The molecule has 138 valence electrons. The Morgan fingerprint density at radius 1 is 1.04 bits per heavy atom. The second-order valence-electron chi connectivity index (χ2n) is 5.70. The zero-order valence-corrected chi connectivity index (χ0v) is 16.2. The lowest BCUT2D eigenvalue weighted by Crippen LogP contribution is -1.95. The number of hydrogen-bond acceptors (Lipinski definition) is 6. The second-order valence-corrected chi connectivity index (χ2v) is 7.42. The number of nitrogens with one attached hydrogen (secondary N) is 1. The molecule has 0 saturated heterocycles. The largest absolute Gasteiger partial charge is 0.480 e. The van der Waals surface area contributed by atoms with E-state index in [9.17, 15) is 4.39 Å². The predicted molar refractivity (Wildman–Crippen MR) is 113 cm³/mol. The van der Waals surface area contributed by atoms with Gasteiger partial charge >= 0.3 is 0 Å². The Balaban J connectivity index is 1.56. The molecule has 7 heteroatoms. The molecule has 2 heterocycles. The van der Waals surface area contributed by atoms with Crippen molar-refractivity contribution in [3.63, 3.8) is 0 Å². The first-order chi connectivity index (χ1) is 13.7. The number of nitrogens with zero attached hydrogens (tertiary/aromatic N) is 2. The van der Waals surface area contributed by atoms with E-state index in [2.05, 4.69) is 16.2 Å². The maximum atomic E-state index is 13.3. The first-order valence-electron chi connectivity index (χ1n) is 8.32. The van der Waals surface area contributed by atoms with E-state index in [-0.39, 0.29) is 12.4 Å². The van der Waals surface area contributed by atoms with Crippen LogP contribution in [0.2, 0.25) is 0 Å². The summed E-state index contributed by atoms with van der Waals surface area (Å²) in [5.41, 5.74) is 3.11. The number of halogens is 1. The smallest absolute Gasteiger partial charge is 0.187 e. The van der Waals surface area contributed by atoms with Gasteiger partial charge in [-0.25, -0.2) is 14.4 Å². The predicted octanol–water partition coefficient (Wildman–Crippen LogP) is 5.83. The van der Waals surface area contributed by atoms with Crippen LogP contribution in [0, 0.1) is 18.2 Å². The summed E-state index contributed by atoms with van der Waals surface area (Å²) >= 11 is 2.94. The van der Waals surface area contributed by atoms with Gasteiger partial charge in [-0.2, -0.15) is 0 Å². The summed E-state index contributed by atoms with van der Waals surface area (Å²) in [7, 11) is 0. The van der Waals surface area contributed by atoms with Crippen molar-refractivity contribution in [3.8, 4) is 40.1 Å². The van der Waals surface area contributed by atoms with Crippen molar-refractivity contribution >= 4 is 33.5 Å². The molecule has 0 aliphatic rings. The minimum absolute atomic E-state index is 0.204. The molecule has 4 rings (SSSR count). The van der Waals surface area contributed by atoms with Crippen molar-refractivity contribution in [1.82, 2.24) is 9.97 Å². The minimum atomic E-state index is -0.294. The van der Waals surface area contributed by atoms with Crippen LogP contribution in [0.15, 0.2) is 59.3 Å². The second kappa shape index (κ2) is 8.21. The molecular weight excluding hydrogens is 393 g/mol. The van der Waals surface area contributed by atoms with E-state index in [1.807, 2.05) is 35.0 Å². The fraction of sp³-hybridized carbons (Fsp3) is 0.0476. The lowest BCUT2D eigenvalue weighted by atomic mass is 10.1. The number of hydrogen-bond donors (Lipinski definition) is 1. The number of para-hydroxylation sites is 1. The van der Waals surface area contributed by atoms with Gasteiger partial charge < -0.3 is 10.1 Å². The summed E-state index contributed by atoms with van der Waals surface area (Å²) in [5, 5.41) is 8.47. The highest BCUT2D eigenvalue weighted by atomic mass is 32.1. The van der Waals surface area contributed by atoms with Crippen molar-refractivity contribution in [2.75, 3.05) is 11.9 Å². The molecule has 4 nitrogen and oxygen atoms in total. The van der Waals surface area contributed by atoms with Gasteiger partial charge in [-0.1, -0.05) is 24.1 Å². The van der Waals surface area contributed by atoms with Crippen LogP contribution in [0.5, 0.6) is 5.75 Å². The van der Waals surface area contributed by atoms with Crippen LogP contribution in [-0.4, -0.2) is 16.6 Å². The monoisotopic (exact) mass is 407 g/mol. The Hall–Kier alpha value is -3.21. The number of thiazole rings is 2. The van der Waals surface area contributed by atoms with Crippen LogP contribution < -0.4 is 10.1 Å². The molecule has 2 aromatic carbocycles. The van der Waals surface area contributed by atoms with Gasteiger partial charge in [0.1, 0.15) is 28.9 Å². The molecular formula is C21H14FN3OS2. The average molecular weight is 407 g/mol. The molecule has 0 atom stereocenters. The van der Waals surface area contributed by atoms with Gasteiger partial charge in [0, 0.05) is 22.0 Å². The van der Waals surface area contributed by atoms with Gasteiger partial charge in [0.2, 0.25) is 0 Å². The lowest BCUT2D eigenvalue weighted by molar-refractivity contribution is 0.372. The maximum absolute atomic E-state index is 13.3. The molecule has 4 aromatic rings. The van der Waals surface area contributed by atoms with Crippen molar-refractivity contribution in [3.05, 3.63) is 65.1 Å². The summed E-state index contributed by atoms with van der Waals surface area (Å²) in [6.07, 6.45) is 5.29. The van der Waals surface area contributed by atoms with E-state index < -0.39 is 0 Å². The summed E-state index contributed by atoms with van der Waals surface area (Å²) in [5.74, 6) is 2.88. The normalized spacial score (nSPS) is 10.4. The summed E-state index contributed by atoms with van der Waals surface area (Å²) < 4.78 is 18.9. The summed E-state index contributed by atoms with van der Waals surface area (Å²) in [6, 6.07) is 13.9. The highest BCUT2D eigenvalue weighted by Crippen LogP contribution is 2.35. The Morgan fingerprint density at radius 3 is 2.75 bits per heavy atom. The zero-order chi connectivity index (χ0) is 19.3. The van der Waals surface area contributed by atoms with Crippen molar-refractivity contribution in [2.24, 2.45) is 0 Å². The van der Waals surface area contributed by atoms with Crippen LogP contribution in [0.4, 0.5) is 15.2 Å². The third-order valence-corrected chi connectivity index (χ3v) is 5.40. The number of anilines is 2. The lowest BCUT2D eigenvalue weighted by Gasteiger charge is -2.06. The summed E-state index contributed by atoms with van der Waals surface area (Å²) in [6.45, 7) is 0.204. The van der Waals surface area contributed by atoms with Gasteiger partial charge in [-0.15, -0.1) is 29.1 Å². The number of aromatic nitrogens is 2. The molecule has 0 bridgehead atoms. The first-order valence-corrected chi connectivity index (χ1v) is 10.1. The van der Waals surface area contributed by atoms with Crippen LogP contribution >= 0.6 is 22.7 Å². The van der Waals surface area contributed by atoms with Crippen molar-refractivity contribution in [1.29, 1.82) is 0 Å². The Morgan fingerprint density at radius 2 is 1.89 bits per heavy atom. The molecule has 28 heavy (non-hydrogen) atoms. The van der Waals surface area contributed by atoms with E-state index in [0.717, 1.165) is 22.0 Å². The Kier molecular flexibility index (Phi) is 5.33. The molecule has 0 radical (unpaired) electrons. The van der Waals surface area contributed by atoms with Crippen LogP contribution in [-0.2, 0) is 0 Å². The van der Waals surface area contributed by atoms with Crippen molar-refractivity contribution < 1.29 is 9.13 Å². The van der Waals surface area contributed by atoms with Gasteiger partial charge in [-0.3, -0.25) is 0 Å². The number of rotatable bonds is 6. The van der Waals surface area contributed by atoms with Gasteiger partial charge in [-0.05, 0) is 30.3 Å². The van der Waals surface area contributed by atoms with Crippen molar-refractivity contribution in [2.45, 2.75) is 0 Å². The molecule has 0 amide bonds. The molecule has 2 aromatic heterocycles. The minimum Gasteiger partial charge on any atom is -0.480 e. The molecule has 1 N–H and O–H groups in total. The van der Waals surface area contributed by atoms with Crippen LogP contribution in [0.3, 0.4) is 0 Å². The highest BCUT2D eigenvalue weighted by Gasteiger charge is 2.13. The highest BCUT2D eigenvalue weighted by molar-refractivity contribution is 7.15. The average Bonchev–Trinajstić information content (AvgIpc) is 3.36. The van der Waals surface area contributed by atoms with E-state index in [4.69, 9.17) is 16.1 Å². The maximum Gasteiger partial charge on any atom is 0.187 e. The van der Waals surface area contributed by atoms with E-state index in [1.54, 1.807) is 12.1 Å². The van der Waals surface area contributed by atoms with Gasteiger partial charge in [0.25, 0.3) is 0 Å². The van der Waals surface area contributed by atoms with Gasteiger partial charge in [0.05, 0.1) is 5.69 Å². The summed E-state index contributed by atoms with van der Waals surface area (Å²) in [4.78, 5) is 9.26. The SMILES string of the molecule is C#CCOc1ccccc1-c1csc(-c2csc(Nc3cccc(F)c3)n2)n1. The molecule has 0 aliphatic heterocycles. The number of ether oxygens (including phenoxy) is 1. The van der Waals surface area contributed by atoms with E-state index >= 15 is 0 Å². The molecule has 0 unspecified atom stereocenters. The molecule has 0 aliphatic carbocycles. The van der Waals surface area contributed by atoms with Crippen LogP contribution in [0.1, 0.15) is 0 Å². The molecule has 0 saturated carbocycles. The number of terminal acetylenes is 1. The third-order valence-electron chi connectivity index (χ3n) is 3.78.